The van der Waals surface area contributed by atoms with Crippen LogP contribution in [0, 0.1) is 0 Å². The molecule has 0 atom stereocenters. The largest absolute Gasteiger partial charge is 0.304 e. The number of halogens is 1. The Morgan fingerprint density at radius 2 is 2.14 bits per heavy atom. The number of hydrogen-bond acceptors (Lipinski definition) is 2. The molecule has 2 nitrogen and oxygen atoms in total. The van der Waals surface area contributed by atoms with E-state index in [2.05, 4.69) is 24.1 Å². The third-order valence-corrected chi connectivity index (χ3v) is 2.73. The average Bonchev–Trinajstić information content (AvgIpc) is 2.84. The fourth-order valence-electron chi connectivity index (χ4n) is 1.83. The summed E-state index contributed by atoms with van der Waals surface area (Å²) in [6.45, 7) is 4.31. The second-order valence-electron chi connectivity index (χ2n) is 4.23. The Morgan fingerprint density at radius 1 is 1.43 bits per heavy atom. The van der Waals surface area contributed by atoms with Gasteiger partial charge in [-0.2, -0.15) is 0 Å². The predicted octanol–water partition coefficient (Wildman–Crippen LogP) is 2.72. The monoisotopic (exact) mass is 210 g/mol. The first-order valence-corrected chi connectivity index (χ1v) is 5.41. The Balaban J connectivity index is 2.22. The summed E-state index contributed by atoms with van der Waals surface area (Å²) in [4.78, 5) is 4.36. The molecule has 1 heterocycles. The fourth-order valence-corrected chi connectivity index (χ4v) is 1.99. The van der Waals surface area contributed by atoms with Gasteiger partial charge in [0.15, 0.2) is 0 Å². The van der Waals surface area contributed by atoms with Crippen molar-refractivity contribution in [1.82, 2.24) is 10.3 Å². The van der Waals surface area contributed by atoms with Crippen LogP contribution in [0.2, 0.25) is 5.15 Å². The molecular weight excluding hydrogens is 196 g/mol. The van der Waals surface area contributed by atoms with Crippen LogP contribution in [0.5, 0.6) is 0 Å². The molecule has 0 bridgehead atoms. The lowest BCUT2D eigenvalue weighted by Crippen LogP contribution is -2.35. The highest BCUT2D eigenvalue weighted by molar-refractivity contribution is 6.29. The van der Waals surface area contributed by atoms with Crippen molar-refractivity contribution in [2.75, 3.05) is 0 Å². The molecule has 3 heteroatoms. The summed E-state index contributed by atoms with van der Waals surface area (Å²) in [6.07, 6.45) is 2.33. The second-order valence-corrected chi connectivity index (χ2v) is 4.61. The van der Waals surface area contributed by atoms with E-state index in [4.69, 9.17) is 11.6 Å². The summed E-state index contributed by atoms with van der Waals surface area (Å²) in [5.41, 5.74) is 1.19. The molecule has 0 spiro atoms. The lowest BCUT2D eigenvalue weighted by atomic mass is 10.1. The van der Waals surface area contributed by atoms with Crippen LogP contribution in [-0.2, 0) is 5.54 Å². The first kappa shape index (κ1) is 9.94. The van der Waals surface area contributed by atoms with Crippen molar-refractivity contribution in [1.29, 1.82) is 0 Å². The third kappa shape index (κ3) is 1.91. The molecule has 0 aromatic carbocycles. The summed E-state index contributed by atoms with van der Waals surface area (Å²) < 4.78 is 0. The molecule has 1 aliphatic carbocycles. The minimum absolute atomic E-state index is 0.110. The Bertz CT molecular complexity index is 332. The van der Waals surface area contributed by atoms with E-state index in [0.717, 1.165) is 5.69 Å². The Labute approximate surface area is 89.7 Å². The van der Waals surface area contributed by atoms with Crippen LogP contribution in [0.15, 0.2) is 18.2 Å². The van der Waals surface area contributed by atoms with Gasteiger partial charge in [-0.3, -0.25) is 0 Å². The number of pyridine rings is 1. The van der Waals surface area contributed by atoms with Crippen molar-refractivity contribution in [3.05, 3.63) is 29.0 Å². The van der Waals surface area contributed by atoms with Gasteiger partial charge in [0.25, 0.3) is 0 Å². The smallest absolute Gasteiger partial charge is 0.129 e. The molecule has 0 amide bonds. The topological polar surface area (TPSA) is 24.9 Å². The highest BCUT2D eigenvalue weighted by Gasteiger charge is 2.45. The van der Waals surface area contributed by atoms with E-state index < -0.39 is 0 Å². The van der Waals surface area contributed by atoms with Crippen molar-refractivity contribution < 1.29 is 0 Å². The van der Waals surface area contributed by atoms with Crippen LogP contribution in [0.4, 0.5) is 0 Å². The van der Waals surface area contributed by atoms with Gasteiger partial charge in [0, 0.05) is 6.04 Å². The lowest BCUT2D eigenvalue weighted by molar-refractivity contribution is 0.452. The minimum atomic E-state index is 0.110. The molecule has 1 saturated carbocycles. The van der Waals surface area contributed by atoms with Gasteiger partial charge in [0.2, 0.25) is 0 Å². The molecule has 1 fully saturated rings. The Kier molecular flexibility index (Phi) is 2.50. The molecule has 1 aromatic heterocycles. The number of hydrogen-bond donors (Lipinski definition) is 1. The third-order valence-electron chi connectivity index (χ3n) is 2.52. The molecule has 0 aliphatic heterocycles. The van der Waals surface area contributed by atoms with E-state index in [1.807, 2.05) is 18.2 Å². The maximum atomic E-state index is 5.88. The number of nitrogens with one attached hydrogen (secondary N) is 1. The van der Waals surface area contributed by atoms with Crippen molar-refractivity contribution >= 4 is 11.6 Å². The normalized spacial score (nSPS) is 18.6. The predicted molar refractivity (Wildman–Crippen MR) is 58.4 cm³/mol. The van der Waals surface area contributed by atoms with E-state index >= 15 is 0 Å². The standard InChI is InChI=1S/C11H15ClN2/c1-8(2)14-11(6-7-11)9-4-3-5-10(12)13-9/h3-5,8,14H,6-7H2,1-2H3. The molecule has 14 heavy (non-hydrogen) atoms. The van der Waals surface area contributed by atoms with Gasteiger partial charge >= 0.3 is 0 Å². The zero-order valence-electron chi connectivity index (χ0n) is 8.55. The quantitative estimate of drug-likeness (QED) is 0.777. The molecule has 1 aromatic rings. The molecule has 0 radical (unpaired) electrons. The highest BCUT2D eigenvalue weighted by Crippen LogP contribution is 2.45. The maximum Gasteiger partial charge on any atom is 0.129 e. The van der Waals surface area contributed by atoms with E-state index in [1.165, 1.54) is 12.8 Å². The number of rotatable bonds is 3. The van der Waals surface area contributed by atoms with E-state index in [0.29, 0.717) is 11.2 Å². The highest BCUT2D eigenvalue weighted by atomic mass is 35.5. The maximum absolute atomic E-state index is 5.88. The Hall–Kier alpha value is -0.600. The Morgan fingerprint density at radius 3 is 2.64 bits per heavy atom. The zero-order valence-corrected chi connectivity index (χ0v) is 9.30. The van der Waals surface area contributed by atoms with Gasteiger partial charge < -0.3 is 5.32 Å². The van der Waals surface area contributed by atoms with Gasteiger partial charge in [-0.1, -0.05) is 17.7 Å². The van der Waals surface area contributed by atoms with Gasteiger partial charge in [-0.15, -0.1) is 0 Å². The van der Waals surface area contributed by atoms with Crippen molar-refractivity contribution in [2.45, 2.75) is 38.3 Å². The van der Waals surface area contributed by atoms with Crippen molar-refractivity contribution in [3.8, 4) is 0 Å². The summed E-state index contributed by atoms with van der Waals surface area (Å²) >= 11 is 5.88. The SMILES string of the molecule is CC(C)NC1(c2cccc(Cl)n2)CC1. The summed E-state index contributed by atoms with van der Waals surface area (Å²) in [7, 11) is 0. The molecule has 1 aliphatic rings. The van der Waals surface area contributed by atoms with Gasteiger partial charge in [0.1, 0.15) is 5.15 Å². The number of nitrogens with zero attached hydrogens (tertiary/aromatic N) is 1. The van der Waals surface area contributed by atoms with E-state index in [1.54, 1.807) is 0 Å². The summed E-state index contributed by atoms with van der Waals surface area (Å²) in [6, 6.07) is 6.32. The lowest BCUT2D eigenvalue weighted by Gasteiger charge is -2.19. The van der Waals surface area contributed by atoms with Gasteiger partial charge in [-0.05, 0) is 38.8 Å². The fraction of sp³-hybridized carbons (Fsp3) is 0.545. The average molecular weight is 211 g/mol. The second kappa shape index (κ2) is 3.52. The van der Waals surface area contributed by atoms with Crippen LogP contribution < -0.4 is 5.32 Å². The molecule has 0 saturated heterocycles. The van der Waals surface area contributed by atoms with Crippen LogP contribution in [0.1, 0.15) is 32.4 Å². The molecule has 1 N–H and O–H groups in total. The number of aromatic nitrogens is 1. The van der Waals surface area contributed by atoms with Crippen LogP contribution >= 0.6 is 11.6 Å². The zero-order chi connectivity index (χ0) is 10.2. The van der Waals surface area contributed by atoms with Gasteiger partial charge in [0.05, 0.1) is 11.2 Å². The van der Waals surface area contributed by atoms with E-state index in [9.17, 15) is 0 Å². The minimum Gasteiger partial charge on any atom is -0.304 e. The molecule has 76 valence electrons. The van der Waals surface area contributed by atoms with Gasteiger partial charge in [-0.25, -0.2) is 4.98 Å². The molecular formula is C11H15ClN2. The van der Waals surface area contributed by atoms with Crippen molar-refractivity contribution in [3.63, 3.8) is 0 Å². The van der Waals surface area contributed by atoms with Crippen molar-refractivity contribution in [2.24, 2.45) is 0 Å². The molecule has 0 unspecified atom stereocenters. The first-order valence-electron chi connectivity index (χ1n) is 5.03. The first-order chi connectivity index (χ1) is 6.62. The summed E-state index contributed by atoms with van der Waals surface area (Å²) in [5, 5.41) is 4.14. The van der Waals surface area contributed by atoms with Crippen LogP contribution in [0.3, 0.4) is 0 Å². The summed E-state index contributed by atoms with van der Waals surface area (Å²) in [5.74, 6) is 0. The van der Waals surface area contributed by atoms with Crippen LogP contribution in [-0.4, -0.2) is 11.0 Å². The van der Waals surface area contributed by atoms with Crippen LogP contribution in [0.25, 0.3) is 0 Å². The molecule has 2 rings (SSSR count). The van der Waals surface area contributed by atoms with E-state index in [-0.39, 0.29) is 5.54 Å².